The van der Waals surface area contributed by atoms with Gasteiger partial charge in [0.1, 0.15) is 0 Å². The number of hydrogen-bond acceptors (Lipinski definition) is 1. The summed E-state index contributed by atoms with van der Waals surface area (Å²) in [6.45, 7) is 6.55. The van der Waals surface area contributed by atoms with Crippen LogP contribution in [0.4, 0.5) is 17.1 Å². The Labute approximate surface area is 312 Å². The van der Waals surface area contributed by atoms with Crippen molar-refractivity contribution in [2.45, 2.75) is 27.2 Å². The monoisotopic (exact) mass is 679 g/mol. The fraction of sp³-hybridized carbons (Fsp3) is 0.0769. The van der Waals surface area contributed by atoms with E-state index in [-0.39, 0.29) is 0 Å². The Kier molecular flexibility index (Phi) is 8.33. The van der Waals surface area contributed by atoms with Crippen LogP contribution in [0.25, 0.3) is 54.6 Å². The highest BCUT2D eigenvalue weighted by Crippen LogP contribution is 2.44. The van der Waals surface area contributed by atoms with Gasteiger partial charge in [0.05, 0.1) is 5.69 Å². The number of benzene rings is 9. The molecule has 1 heteroatoms. The summed E-state index contributed by atoms with van der Waals surface area (Å²) in [5.74, 6) is 0. The van der Waals surface area contributed by atoms with Gasteiger partial charge in [0, 0.05) is 16.8 Å². The Bertz CT molecular complexity index is 2780. The van der Waals surface area contributed by atoms with E-state index in [9.17, 15) is 0 Å². The maximum atomic E-state index is 2.39. The van der Waals surface area contributed by atoms with E-state index in [4.69, 9.17) is 0 Å². The van der Waals surface area contributed by atoms with Gasteiger partial charge in [-0.3, -0.25) is 0 Å². The number of aryl methyl sites for hydroxylation is 3. The van der Waals surface area contributed by atoms with E-state index in [1.807, 2.05) is 0 Å². The van der Waals surface area contributed by atoms with Gasteiger partial charge in [-0.05, 0) is 129 Å². The molecule has 0 amide bonds. The first-order valence-electron chi connectivity index (χ1n) is 18.6. The molecule has 1 aliphatic rings. The Balaban J connectivity index is 0.000000149. The van der Waals surface area contributed by atoms with Crippen LogP contribution in [-0.4, -0.2) is 0 Å². The van der Waals surface area contributed by atoms with Gasteiger partial charge in [0.25, 0.3) is 0 Å². The van der Waals surface area contributed by atoms with Crippen molar-refractivity contribution in [2.24, 2.45) is 0 Å². The van der Waals surface area contributed by atoms with Crippen molar-refractivity contribution in [3.63, 3.8) is 0 Å². The highest BCUT2D eigenvalue weighted by Gasteiger charge is 2.21. The van der Waals surface area contributed by atoms with Crippen LogP contribution in [0.15, 0.2) is 182 Å². The molecule has 0 aromatic heterocycles. The van der Waals surface area contributed by atoms with Crippen molar-refractivity contribution in [3.05, 3.63) is 210 Å². The third-order valence-electron chi connectivity index (χ3n) is 10.9. The second-order valence-electron chi connectivity index (χ2n) is 14.3. The van der Waals surface area contributed by atoms with Gasteiger partial charge in [0.15, 0.2) is 0 Å². The third-order valence-corrected chi connectivity index (χ3v) is 10.9. The molecule has 254 valence electrons. The second kappa shape index (κ2) is 13.6. The smallest absolute Gasteiger partial charge is 0.0540 e. The molecule has 0 atom stereocenters. The molecule has 53 heavy (non-hydrogen) atoms. The molecule has 0 radical (unpaired) electrons. The lowest BCUT2D eigenvalue weighted by Gasteiger charge is -2.27. The molecule has 0 fully saturated rings. The maximum absolute atomic E-state index is 2.39. The normalized spacial score (nSPS) is 11.6. The molecule has 0 bridgehead atoms. The number of hydrogen-bond donors (Lipinski definition) is 0. The minimum atomic E-state index is 1.02. The van der Waals surface area contributed by atoms with Crippen molar-refractivity contribution in [3.8, 4) is 22.3 Å². The van der Waals surface area contributed by atoms with Crippen molar-refractivity contribution in [1.82, 2.24) is 0 Å². The highest BCUT2D eigenvalue weighted by molar-refractivity contribution is 6.07. The topological polar surface area (TPSA) is 3.24 Å². The summed E-state index contributed by atoms with van der Waals surface area (Å²) in [5.41, 5.74) is 15.7. The summed E-state index contributed by atoms with van der Waals surface area (Å²) in [6, 6.07) is 66.0. The Morgan fingerprint density at radius 3 is 1.83 bits per heavy atom. The molecule has 0 spiro atoms. The fourth-order valence-corrected chi connectivity index (χ4v) is 8.25. The summed E-state index contributed by atoms with van der Waals surface area (Å²) in [7, 11) is 0. The number of fused-ring (bicyclic) bond motifs is 6. The first-order valence-corrected chi connectivity index (χ1v) is 18.6. The van der Waals surface area contributed by atoms with E-state index in [1.165, 1.54) is 99.5 Å². The minimum Gasteiger partial charge on any atom is -0.310 e. The predicted octanol–water partition coefficient (Wildman–Crippen LogP) is 14.5. The lowest BCUT2D eigenvalue weighted by molar-refractivity contribution is 1.25. The Morgan fingerprint density at radius 1 is 0.396 bits per heavy atom. The van der Waals surface area contributed by atoms with Crippen LogP contribution in [0, 0.1) is 20.8 Å². The second-order valence-corrected chi connectivity index (χ2v) is 14.3. The summed E-state index contributed by atoms with van der Waals surface area (Å²) < 4.78 is 0. The molecular formula is C52H41N. The van der Waals surface area contributed by atoms with Crippen molar-refractivity contribution < 1.29 is 0 Å². The molecule has 1 aliphatic carbocycles. The Hall–Kier alpha value is -6.44. The SMILES string of the molecule is Cc1ccc(N(c2ccc3c(c2)-c2ccccc2C3)c2cccc3ccccc23)cc1.Cc1ccc2ccccc2c1-c1cccc2cccc(C)c12. The van der Waals surface area contributed by atoms with E-state index in [2.05, 4.69) is 208 Å². The standard InChI is InChI=1S/C30H23N.C22H18/c1-21-13-16-25(17-14-21)31(30-12-6-9-22-7-2-5-11-28(22)30)26-18-15-24-19-23-8-3-4-10-27(23)29(24)20-26;1-15-7-5-9-18-10-6-12-20(21(15)18)22-16(2)13-14-17-8-3-4-11-19(17)22/h2-18,20H,19H2,1H3;3-14H,1-2H3. The quantitative estimate of drug-likeness (QED) is 0.179. The van der Waals surface area contributed by atoms with E-state index in [1.54, 1.807) is 0 Å². The molecule has 0 aliphatic heterocycles. The number of nitrogens with zero attached hydrogens (tertiary/aromatic N) is 1. The third kappa shape index (κ3) is 5.95. The molecule has 0 saturated heterocycles. The van der Waals surface area contributed by atoms with Gasteiger partial charge >= 0.3 is 0 Å². The van der Waals surface area contributed by atoms with E-state index < -0.39 is 0 Å². The zero-order chi connectivity index (χ0) is 35.9. The van der Waals surface area contributed by atoms with Gasteiger partial charge in [-0.1, -0.05) is 157 Å². The summed E-state index contributed by atoms with van der Waals surface area (Å²) in [5, 5.41) is 7.82. The number of anilines is 3. The molecule has 0 saturated carbocycles. The molecule has 0 unspecified atom stereocenters. The maximum Gasteiger partial charge on any atom is 0.0540 e. The van der Waals surface area contributed by atoms with Crippen LogP contribution in [0.2, 0.25) is 0 Å². The van der Waals surface area contributed by atoms with Gasteiger partial charge in [-0.2, -0.15) is 0 Å². The van der Waals surface area contributed by atoms with Gasteiger partial charge < -0.3 is 4.90 Å². The molecule has 0 N–H and O–H groups in total. The van der Waals surface area contributed by atoms with Crippen molar-refractivity contribution in [1.29, 1.82) is 0 Å². The van der Waals surface area contributed by atoms with Crippen LogP contribution in [0.1, 0.15) is 27.8 Å². The Morgan fingerprint density at radius 2 is 1.00 bits per heavy atom. The average Bonchev–Trinajstić information content (AvgIpc) is 3.57. The van der Waals surface area contributed by atoms with Crippen LogP contribution in [0.5, 0.6) is 0 Å². The minimum absolute atomic E-state index is 1.02. The molecule has 1 nitrogen and oxygen atoms in total. The molecular weight excluding hydrogens is 639 g/mol. The average molecular weight is 680 g/mol. The van der Waals surface area contributed by atoms with E-state index in [0.717, 1.165) is 6.42 Å². The molecule has 10 rings (SSSR count). The number of rotatable bonds is 4. The lowest BCUT2D eigenvalue weighted by atomic mass is 9.89. The van der Waals surface area contributed by atoms with Gasteiger partial charge in [0.2, 0.25) is 0 Å². The molecule has 9 aromatic carbocycles. The van der Waals surface area contributed by atoms with Gasteiger partial charge in [-0.25, -0.2) is 0 Å². The summed E-state index contributed by atoms with van der Waals surface area (Å²) >= 11 is 0. The zero-order valence-corrected chi connectivity index (χ0v) is 30.5. The van der Waals surface area contributed by atoms with Crippen LogP contribution in [0.3, 0.4) is 0 Å². The van der Waals surface area contributed by atoms with Crippen molar-refractivity contribution >= 4 is 49.4 Å². The summed E-state index contributed by atoms with van der Waals surface area (Å²) in [6.07, 6.45) is 1.02. The highest BCUT2D eigenvalue weighted by atomic mass is 15.1. The van der Waals surface area contributed by atoms with Crippen molar-refractivity contribution in [2.75, 3.05) is 4.90 Å². The van der Waals surface area contributed by atoms with E-state index in [0.29, 0.717) is 0 Å². The van der Waals surface area contributed by atoms with Gasteiger partial charge in [-0.15, -0.1) is 0 Å². The zero-order valence-electron chi connectivity index (χ0n) is 30.5. The van der Waals surface area contributed by atoms with Crippen LogP contribution >= 0.6 is 0 Å². The fourth-order valence-electron chi connectivity index (χ4n) is 8.25. The predicted molar refractivity (Wildman–Crippen MR) is 228 cm³/mol. The van der Waals surface area contributed by atoms with Crippen LogP contribution in [-0.2, 0) is 6.42 Å². The van der Waals surface area contributed by atoms with Crippen LogP contribution < -0.4 is 4.90 Å². The molecule has 0 heterocycles. The first-order chi connectivity index (χ1) is 26.0. The largest absolute Gasteiger partial charge is 0.310 e. The first kappa shape index (κ1) is 32.5. The lowest BCUT2D eigenvalue weighted by Crippen LogP contribution is -2.10. The summed E-state index contributed by atoms with van der Waals surface area (Å²) in [4.78, 5) is 2.39. The van der Waals surface area contributed by atoms with E-state index >= 15 is 0 Å². The molecule has 9 aromatic rings.